The molecule has 1 saturated carbocycles. The van der Waals surface area contributed by atoms with Crippen LogP contribution in [0.25, 0.3) is 0 Å². The van der Waals surface area contributed by atoms with Crippen LogP contribution in [0, 0.1) is 5.92 Å². The molecule has 88 valence electrons. The van der Waals surface area contributed by atoms with Crippen molar-refractivity contribution in [3.05, 3.63) is 0 Å². The fraction of sp³-hybridized carbons (Fsp3) is 0.909. The van der Waals surface area contributed by atoms with Crippen LogP contribution < -0.4 is 5.32 Å². The van der Waals surface area contributed by atoms with Crippen LogP contribution in [0.5, 0.6) is 0 Å². The maximum atomic E-state index is 11.6. The Morgan fingerprint density at radius 1 is 1.53 bits per heavy atom. The second kappa shape index (κ2) is 5.47. The van der Waals surface area contributed by atoms with Crippen LogP contribution in [0.4, 0.5) is 0 Å². The molecule has 0 unspecified atom stereocenters. The summed E-state index contributed by atoms with van der Waals surface area (Å²) in [7, 11) is 1.85. The van der Waals surface area contributed by atoms with Crippen LogP contribution in [-0.2, 0) is 4.79 Å². The summed E-state index contributed by atoms with van der Waals surface area (Å²) in [6.45, 7) is 4.47. The van der Waals surface area contributed by atoms with Crippen molar-refractivity contribution in [1.29, 1.82) is 0 Å². The molecule has 1 aliphatic rings. The molecule has 0 aromatic rings. The van der Waals surface area contributed by atoms with Gasteiger partial charge >= 0.3 is 0 Å². The van der Waals surface area contributed by atoms with Crippen molar-refractivity contribution in [2.24, 2.45) is 5.92 Å². The quantitative estimate of drug-likeness (QED) is 0.665. The SMILES string of the molecule is CC(C)[C@@H](CO)NCC(=O)N(C)C1CC1. The van der Waals surface area contributed by atoms with E-state index in [-0.39, 0.29) is 18.6 Å². The Hall–Kier alpha value is -0.610. The lowest BCUT2D eigenvalue weighted by atomic mass is 10.1. The van der Waals surface area contributed by atoms with Crippen LogP contribution in [0.15, 0.2) is 0 Å². The Kier molecular flexibility index (Phi) is 4.54. The fourth-order valence-electron chi connectivity index (χ4n) is 1.52. The molecule has 0 radical (unpaired) electrons. The molecule has 1 aliphatic carbocycles. The molecule has 0 aromatic heterocycles. The molecule has 2 N–H and O–H groups in total. The molecule has 0 aliphatic heterocycles. The van der Waals surface area contributed by atoms with Gasteiger partial charge in [-0.15, -0.1) is 0 Å². The number of hydrogen-bond donors (Lipinski definition) is 2. The first-order valence-electron chi connectivity index (χ1n) is 5.66. The van der Waals surface area contributed by atoms with Gasteiger partial charge in [0.25, 0.3) is 0 Å². The number of nitrogens with one attached hydrogen (secondary N) is 1. The molecule has 0 spiro atoms. The lowest BCUT2D eigenvalue weighted by Gasteiger charge is -2.22. The zero-order valence-electron chi connectivity index (χ0n) is 9.86. The molecular formula is C11H22N2O2. The summed E-state index contributed by atoms with van der Waals surface area (Å²) < 4.78 is 0. The molecule has 0 aromatic carbocycles. The van der Waals surface area contributed by atoms with E-state index >= 15 is 0 Å². The maximum absolute atomic E-state index is 11.6. The monoisotopic (exact) mass is 214 g/mol. The fourth-order valence-corrected chi connectivity index (χ4v) is 1.52. The highest BCUT2D eigenvalue weighted by atomic mass is 16.3. The smallest absolute Gasteiger partial charge is 0.236 e. The molecule has 1 fully saturated rings. The van der Waals surface area contributed by atoms with E-state index in [0.29, 0.717) is 18.5 Å². The second-order valence-corrected chi connectivity index (χ2v) is 4.65. The van der Waals surface area contributed by atoms with Gasteiger partial charge in [0.1, 0.15) is 0 Å². The minimum Gasteiger partial charge on any atom is -0.395 e. The minimum atomic E-state index is 0.0153. The number of nitrogens with zero attached hydrogens (tertiary/aromatic N) is 1. The topological polar surface area (TPSA) is 52.6 Å². The zero-order chi connectivity index (χ0) is 11.4. The van der Waals surface area contributed by atoms with Crippen molar-refractivity contribution in [2.75, 3.05) is 20.2 Å². The molecule has 1 rings (SSSR count). The number of aliphatic hydroxyl groups is 1. The summed E-state index contributed by atoms with van der Waals surface area (Å²) in [6, 6.07) is 0.479. The number of carbonyl (C=O) groups is 1. The van der Waals surface area contributed by atoms with Gasteiger partial charge in [0.15, 0.2) is 0 Å². The normalized spacial score (nSPS) is 17.9. The van der Waals surface area contributed by atoms with E-state index in [1.165, 1.54) is 0 Å². The summed E-state index contributed by atoms with van der Waals surface area (Å²) in [5, 5.41) is 12.2. The highest BCUT2D eigenvalue weighted by molar-refractivity contribution is 5.78. The summed E-state index contributed by atoms with van der Waals surface area (Å²) in [5.41, 5.74) is 0. The number of aliphatic hydroxyl groups excluding tert-OH is 1. The lowest BCUT2D eigenvalue weighted by molar-refractivity contribution is -0.129. The van der Waals surface area contributed by atoms with Crippen molar-refractivity contribution in [1.82, 2.24) is 10.2 Å². The van der Waals surface area contributed by atoms with Gasteiger partial charge in [-0.1, -0.05) is 13.8 Å². The lowest BCUT2D eigenvalue weighted by Crippen LogP contribution is -2.44. The highest BCUT2D eigenvalue weighted by Gasteiger charge is 2.29. The maximum Gasteiger partial charge on any atom is 0.236 e. The molecule has 4 heteroatoms. The largest absolute Gasteiger partial charge is 0.395 e. The van der Waals surface area contributed by atoms with E-state index in [1.54, 1.807) is 0 Å². The average molecular weight is 214 g/mol. The molecular weight excluding hydrogens is 192 g/mol. The minimum absolute atomic E-state index is 0.0153. The van der Waals surface area contributed by atoms with Crippen molar-refractivity contribution < 1.29 is 9.90 Å². The predicted molar refractivity (Wildman–Crippen MR) is 59.5 cm³/mol. The summed E-state index contributed by atoms with van der Waals surface area (Å²) in [6.07, 6.45) is 2.27. The van der Waals surface area contributed by atoms with Crippen LogP contribution in [-0.4, -0.2) is 48.2 Å². The van der Waals surface area contributed by atoms with Crippen LogP contribution in [0.1, 0.15) is 26.7 Å². The summed E-state index contributed by atoms with van der Waals surface area (Å²) in [4.78, 5) is 13.5. The van der Waals surface area contributed by atoms with E-state index in [1.807, 2.05) is 25.8 Å². The number of carbonyl (C=O) groups excluding carboxylic acids is 1. The predicted octanol–water partition coefficient (Wildman–Crippen LogP) is 0.214. The highest BCUT2D eigenvalue weighted by Crippen LogP contribution is 2.25. The van der Waals surface area contributed by atoms with Gasteiger partial charge in [-0.25, -0.2) is 0 Å². The third-order valence-corrected chi connectivity index (χ3v) is 3.00. The molecule has 0 heterocycles. The number of amides is 1. The molecule has 4 nitrogen and oxygen atoms in total. The standard InChI is InChI=1S/C11H22N2O2/c1-8(2)10(7-14)12-6-11(15)13(3)9-4-5-9/h8-10,12,14H,4-7H2,1-3H3/t10-/m1/s1. The van der Waals surface area contributed by atoms with E-state index < -0.39 is 0 Å². The third kappa shape index (κ3) is 3.80. The molecule has 1 atom stereocenters. The van der Waals surface area contributed by atoms with E-state index in [0.717, 1.165) is 12.8 Å². The molecule has 0 saturated heterocycles. The van der Waals surface area contributed by atoms with Gasteiger partial charge in [0, 0.05) is 19.1 Å². The zero-order valence-corrected chi connectivity index (χ0v) is 9.86. The van der Waals surface area contributed by atoms with Gasteiger partial charge in [0.05, 0.1) is 13.2 Å². The molecule has 0 bridgehead atoms. The number of likely N-dealkylation sites (N-methyl/N-ethyl adjacent to an activating group) is 1. The Bertz CT molecular complexity index is 215. The Morgan fingerprint density at radius 3 is 2.53 bits per heavy atom. The second-order valence-electron chi connectivity index (χ2n) is 4.65. The first-order chi connectivity index (χ1) is 7.06. The first kappa shape index (κ1) is 12.5. The van der Waals surface area contributed by atoms with E-state index in [2.05, 4.69) is 5.32 Å². The third-order valence-electron chi connectivity index (χ3n) is 3.00. The van der Waals surface area contributed by atoms with Gasteiger partial charge in [-0.05, 0) is 18.8 Å². The van der Waals surface area contributed by atoms with Gasteiger partial charge in [0.2, 0.25) is 5.91 Å². The van der Waals surface area contributed by atoms with Crippen molar-refractivity contribution in [3.63, 3.8) is 0 Å². The average Bonchev–Trinajstić information content (AvgIpc) is 3.00. The Labute approximate surface area is 91.6 Å². The van der Waals surface area contributed by atoms with Crippen molar-refractivity contribution >= 4 is 5.91 Å². The van der Waals surface area contributed by atoms with E-state index in [9.17, 15) is 4.79 Å². The number of hydrogen-bond acceptors (Lipinski definition) is 3. The summed E-state index contributed by atoms with van der Waals surface area (Å²) >= 11 is 0. The van der Waals surface area contributed by atoms with Gasteiger partial charge < -0.3 is 15.3 Å². The molecule has 1 amide bonds. The van der Waals surface area contributed by atoms with Crippen molar-refractivity contribution in [3.8, 4) is 0 Å². The van der Waals surface area contributed by atoms with Crippen molar-refractivity contribution in [2.45, 2.75) is 38.8 Å². The van der Waals surface area contributed by atoms with Gasteiger partial charge in [-0.3, -0.25) is 4.79 Å². The Morgan fingerprint density at radius 2 is 2.13 bits per heavy atom. The van der Waals surface area contributed by atoms with Crippen LogP contribution in [0.3, 0.4) is 0 Å². The van der Waals surface area contributed by atoms with Gasteiger partial charge in [-0.2, -0.15) is 0 Å². The molecule has 15 heavy (non-hydrogen) atoms. The first-order valence-corrected chi connectivity index (χ1v) is 5.66. The Balaban J connectivity index is 2.25. The van der Waals surface area contributed by atoms with Crippen LogP contribution >= 0.6 is 0 Å². The number of rotatable bonds is 6. The van der Waals surface area contributed by atoms with E-state index in [4.69, 9.17) is 5.11 Å². The van der Waals surface area contributed by atoms with Crippen LogP contribution in [0.2, 0.25) is 0 Å². The summed E-state index contributed by atoms with van der Waals surface area (Å²) in [5.74, 6) is 0.464.